The third-order valence-electron chi connectivity index (χ3n) is 5.67. The van der Waals surface area contributed by atoms with E-state index in [-0.39, 0.29) is 64.7 Å². The lowest BCUT2D eigenvalue weighted by molar-refractivity contribution is 0.0962. The molecule has 0 spiro atoms. The van der Waals surface area contributed by atoms with Crippen molar-refractivity contribution in [3.05, 3.63) is 46.3 Å². The molecule has 33 heavy (non-hydrogen) atoms. The van der Waals surface area contributed by atoms with Gasteiger partial charge in [-0.15, -0.1) is 17.0 Å². The van der Waals surface area contributed by atoms with E-state index in [4.69, 9.17) is 19.6 Å². The lowest BCUT2D eigenvalue weighted by atomic mass is 9.96. The van der Waals surface area contributed by atoms with Gasteiger partial charge in [0.25, 0.3) is 0 Å². The fraction of sp³-hybridized carbons (Fsp3) is 0.417. The van der Waals surface area contributed by atoms with Crippen molar-refractivity contribution in [2.24, 2.45) is 0 Å². The summed E-state index contributed by atoms with van der Waals surface area (Å²) in [5.74, 6) is 0.257. The molecule has 0 saturated carbocycles. The summed E-state index contributed by atoms with van der Waals surface area (Å²) < 4.78 is 31.0. The van der Waals surface area contributed by atoms with Crippen LogP contribution in [0.2, 0.25) is 0 Å². The highest BCUT2D eigenvalue weighted by atomic mass is 79.9. The van der Waals surface area contributed by atoms with Gasteiger partial charge in [0.2, 0.25) is 0 Å². The van der Waals surface area contributed by atoms with E-state index in [9.17, 15) is 9.18 Å². The van der Waals surface area contributed by atoms with Crippen LogP contribution in [0.3, 0.4) is 0 Å². The Balaban J connectivity index is 0.00000385. The number of ether oxygens (including phenoxy) is 3. The number of Topliss-reactive ketones (excluding diaryl/α,β-unsaturated/α-hetero) is 1. The number of carbonyl (C=O) groups excluding carboxylic acids is 1. The highest BCUT2D eigenvalue weighted by Crippen LogP contribution is 2.39. The molecule has 1 aliphatic rings. The average molecular weight is 524 g/mol. The van der Waals surface area contributed by atoms with Crippen molar-refractivity contribution in [1.29, 1.82) is 5.41 Å². The Kier molecular flexibility index (Phi) is 8.35. The molecule has 0 radical (unpaired) electrons. The van der Waals surface area contributed by atoms with Gasteiger partial charge in [0.05, 0.1) is 39.1 Å². The van der Waals surface area contributed by atoms with Crippen molar-refractivity contribution in [2.75, 3.05) is 46.9 Å². The number of nitrogens with zero attached hydrogens (tertiary/aromatic N) is 2. The second-order valence-corrected chi connectivity index (χ2v) is 8.26. The zero-order chi connectivity index (χ0) is 23.7. The maximum atomic E-state index is 15.0. The van der Waals surface area contributed by atoms with Gasteiger partial charge in [-0.3, -0.25) is 10.2 Å². The van der Waals surface area contributed by atoms with Gasteiger partial charge in [-0.2, -0.15) is 0 Å². The highest BCUT2D eigenvalue weighted by molar-refractivity contribution is 8.93. The summed E-state index contributed by atoms with van der Waals surface area (Å²) in [7, 11) is 8.20. The average Bonchev–Trinajstić information content (AvgIpc) is 3.07. The van der Waals surface area contributed by atoms with Gasteiger partial charge in [0, 0.05) is 26.2 Å². The maximum absolute atomic E-state index is 15.0. The first-order chi connectivity index (χ1) is 15.1. The van der Waals surface area contributed by atoms with E-state index < -0.39 is 5.82 Å². The second-order valence-electron chi connectivity index (χ2n) is 8.26. The molecule has 1 aliphatic heterocycles. The minimum absolute atomic E-state index is 0. The van der Waals surface area contributed by atoms with E-state index in [2.05, 4.69) is 0 Å². The SMILES string of the molecule is Br.COc1cc2c(c(F)c1OC)C(=N)N(CC(=O)c1cc(C(C)C)c(OC)c(N(C)C)c1)C2. The highest BCUT2D eigenvalue weighted by Gasteiger charge is 2.33. The Labute approximate surface area is 204 Å². The van der Waals surface area contributed by atoms with Gasteiger partial charge >= 0.3 is 0 Å². The van der Waals surface area contributed by atoms with Crippen molar-refractivity contribution in [1.82, 2.24) is 4.90 Å². The number of halogens is 2. The monoisotopic (exact) mass is 523 g/mol. The molecule has 2 aromatic carbocycles. The van der Waals surface area contributed by atoms with Crippen LogP contribution in [0.25, 0.3) is 0 Å². The minimum Gasteiger partial charge on any atom is -0.494 e. The number of carbonyl (C=O) groups is 1. The third-order valence-corrected chi connectivity index (χ3v) is 5.67. The van der Waals surface area contributed by atoms with Gasteiger partial charge in [0.15, 0.2) is 23.1 Å². The van der Waals surface area contributed by atoms with Crippen LogP contribution in [-0.4, -0.2) is 58.5 Å². The fourth-order valence-corrected chi connectivity index (χ4v) is 4.00. The van der Waals surface area contributed by atoms with Crippen LogP contribution < -0.4 is 19.1 Å². The Hall–Kier alpha value is -2.81. The van der Waals surface area contributed by atoms with Crippen molar-refractivity contribution in [3.8, 4) is 17.2 Å². The Morgan fingerprint density at radius 3 is 2.27 bits per heavy atom. The smallest absolute Gasteiger partial charge is 0.197 e. The molecule has 7 nitrogen and oxygen atoms in total. The van der Waals surface area contributed by atoms with Crippen LogP contribution in [0.1, 0.15) is 46.8 Å². The number of fused-ring (bicyclic) bond motifs is 1. The summed E-state index contributed by atoms with van der Waals surface area (Å²) in [6.07, 6.45) is 0. The molecular formula is C24H31BrFN3O4. The van der Waals surface area contributed by atoms with Crippen LogP contribution in [0, 0.1) is 11.2 Å². The molecule has 0 amide bonds. The summed E-state index contributed by atoms with van der Waals surface area (Å²) in [5.41, 5.74) is 2.99. The molecular weight excluding hydrogens is 493 g/mol. The predicted octanol–water partition coefficient (Wildman–Crippen LogP) is 4.64. The number of hydrogen-bond donors (Lipinski definition) is 1. The first kappa shape index (κ1) is 26.4. The lowest BCUT2D eigenvalue weighted by Gasteiger charge is -2.23. The van der Waals surface area contributed by atoms with Crippen molar-refractivity contribution in [3.63, 3.8) is 0 Å². The molecule has 180 valence electrons. The zero-order valence-corrected chi connectivity index (χ0v) is 21.8. The molecule has 0 aliphatic carbocycles. The van der Waals surface area contributed by atoms with Crippen LogP contribution in [-0.2, 0) is 6.54 Å². The van der Waals surface area contributed by atoms with E-state index >= 15 is 0 Å². The molecule has 0 fully saturated rings. The van der Waals surface area contributed by atoms with E-state index in [1.807, 2.05) is 38.9 Å². The van der Waals surface area contributed by atoms with Gasteiger partial charge in [0.1, 0.15) is 11.6 Å². The number of nitrogens with one attached hydrogen (secondary N) is 1. The standard InChI is InChI=1S/C24H30FN3O4.BrH/c1-13(2)16-8-14(9-17(27(3)4)22(16)31-6)18(29)12-28-11-15-10-19(30-5)23(32-7)21(25)20(15)24(28)26;/h8-10,13,26H,11-12H2,1-7H3;1H. The van der Waals surface area contributed by atoms with E-state index in [0.717, 1.165) is 17.0 Å². The molecule has 1 heterocycles. The molecule has 0 unspecified atom stereocenters. The third kappa shape index (κ3) is 4.78. The number of hydrogen-bond acceptors (Lipinski definition) is 6. The number of anilines is 1. The molecule has 1 N–H and O–H groups in total. The van der Waals surface area contributed by atoms with Crippen LogP contribution in [0.4, 0.5) is 10.1 Å². The van der Waals surface area contributed by atoms with Crippen molar-refractivity contribution >= 4 is 34.3 Å². The minimum atomic E-state index is -0.650. The molecule has 0 saturated heterocycles. The summed E-state index contributed by atoms with van der Waals surface area (Å²) in [5, 5.41) is 8.48. The van der Waals surface area contributed by atoms with E-state index in [0.29, 0.717) is 11.1 Å². The fourth-order valence-electron chi connectivity index (χ4n) is 4.00. The second kappa shape index (κ2) is 10.4. The molecule has 0 aromatic heterocycles. The van der Waals surface area contributed by atoms with E-state index in [1.165, 1.54) is 14.2 Å². The number of rotatable bonds is 8. The van der Waals surface area contributed by atoms with Gasteiger partial charge in [-0.1, -0.05) is 13.8 Å². The van der Waals surface area contributed by atoms with Crippen molar-refractivity contribution in [2.45, 2.75) is 26.3 Å². The van der Waals surface area contributed by atoms with E-state index in [1.54, 1.807) is 24.1 Å². The Bertz CT molecular complexity index is 1040. The quantitative estimate of drug-likeness (QED) is 0.508. The normalized spacial score (nSPS) is 12.4. The largest absolute Gasteiger partial charge is 0.494 e. The molecule has 9 heteroatoms. The van der Waals surface area contributed by atoms with Gasteiger partial charge in [-0.05, 0) is 35.2 Å². The summed E-state index contributed by atoms with van der Waals surface area (Å²) in [6, 6.07) is 5.30. The first-order valence-corrected chi connectivity index (χ1v) is 10.3. The zero-order valence-electron chi connectivity index (χ0n) is 20.0. The number of methoxy groups -OCH3 is 3. The van der Waals surface area contributed by atoms with Gasteiger partial charge < -0.3 is 24.0 Å². The van der Waals surface area contributed by atoms with Crippen LogP contribution >= 0.6 is 17.0 Å². The summed E-state index contributed by atoms with van der Waals surface area (Å²) in [4.78, 5) is 16.7. The first-order valence-electron chi connectivity index (χ1n) is 10.3. The summed E-state index contributed by atoms with van der Waals surface area (Å²) >= 11 is 0. The lowest BCUT2D eigenvalue weighted by Crippen LogP contribution is -2.30. The molecule has 2 aromatic rings. The summed E-state index contributed by atoms with van der Waals surface area (Å²) in [6.45, 7) is 4.28. The number of benzene rings is 2. The molecule has 3 rings (SSSR count). The molecule has 0 bridgehead atoms. The Morgan fingerprint density at radius 1 is 1.12 bits per heavy atom. The topological polar surface area (TPSA) is 75.1 Å². The Morgan fingerprint density at radius 2 is 1.76 bits per heavy atom. The predicted molar refractivity (Wildman–Crippen MR) is 133 cm³/mol. The van der Waals surface area contributed by atoms with Crippen LogP contribution in [0.5, 0.6) is 17.2 Å². The maximum Gasteiger partial charge on any atom is 0.197 e. The number of amidine groups is 1. The van der Waals surface area contributed by atoms with Gasteiger partial charge in [-0.25, -0.2) is 4.39 Å². The van der Waals surface area contributed by atoms with Crippen molar-refractivity contribution < 1.29 is 23.4 Å². The van der Waals surface area contributed by atoms with Crippen LogP contribution in [0.15, 0.2) is 18.2 Å². The number of ketones is 1. The molecule has 0 atom stereocenters.